The summed E-state index contributed by atoms with van der Waals surface area (Å²) in [5, 5.41) is 21.2. The van der Waals surface area contributed by atoms with Gasteiger partial charge < -0.3 is 20.5 Å². The van der Waals surface area contributed by atoms with E-state index in [1.807, 2.05) is 56.3 Å². The fourth-order valence-corrected chi connectivity index (χ4v) is 4.21. The minimum atomic E-state index is -0.611. The highest BCUT2D eigenvalue weighted by Crippen LogP contribution is 2.38. The van der Waals surface area contributed by atoms with Crippen LogP contribution in [0.5, 0.6) is 11.5 Å². The van der Waals surface area contributed by atoms with Crippen LogP contribution in [0.3, 0.4) is 0 Å². The minimum absolute atomic E-state index is 0.101. The monoisotopic (exact) mass is 467 g/mol. The molecule has 0 aliphatic carbocycles. The van der Waals surface area contributed by atoms with Crippen molar-refractivity contribution in [1.29, 1.82) is 0 Å². The van der Waals surface area contributed by atoms with Gasteiger partial charge in [-0.25, -0.2) is 4.68 Å². The second-order valence-electron chi connectivity index (χ2n) is 8.39. The number of rotatable bonds is 5. The number of fused-ring (bicyclic) bond motifs is 1. The van der Waals surface area contributed by atoms with Gasteiger partial charge in [0.15, 0.2) is 5.82 Å². The van der Waals surface area contributed by atoms with Crippen LogP contribution >= 0.6 is 0 Å². The number of aryl methyl sites for hydroxylation is 1. The van der Waals surface area contributed by atoms with Crippen LogP contribution in [-0.4, -0.2) is 32.9 Å². The molecule has 8 nitrogen and oxygen atoms in total. The van der Waals surface area contributed by atoms with Crippen molar-refractivity contribution in [2.24, 2.45) is 0 Å². The van der Waals surface area contributed by atoms with Crippen molar-refractivity contribution in [3.63, 3.8) is 0 Å². The lowest BCUT2D eigenvalue weighted by Crippen LogP contribution is -2.31. The van der Waals surface area contributed by atoms with E-state index in [1.54, 1.807) is 42.1 Å². The molecule has 1 atom stereocenters. The number of carbonyl (C=O) groups is 1. The van der Waals surface area contributed by atoms with Crippen molar-refractivity contribution in [2.45, 2.75) is 19.9 Å². The highest BCUT2D eigenvalue weighted by atomic mass is 16.5. The van der Waals surface area contributed by atoms with E-state index in [0.717, 1.165) is 11.1 Å². The zero-order valence-electron chi connectivity index (χ0n) is 19.6. The Morgan fingerprint density at radius 1 is 1.06 bits per heavy atom. The van der Waals surface area contributed by atoms with Gasteiger partial charge in [0.1, 0.15) is 17.5 Å². The van der Waals surface area contributed by atoms with Gasteiger partial charge in [0, 0.05) is 11.3 Å². The highest BCUT2D eigenvalue weighted by Gasteiger charge is 2.35. The molecule has 2 heterocycles. The van der Waals surface area contributed by atoms with Gasteiger partial charge in [-0.3, -0.25) is 4.79 Å². The number of anilines is 2. The van der Waals surface area contributed by atoms with Gasteiger partial charge in [-0.2, -0.15) is 4.98 Å². The van der Waals surface area contributed by atoms with Gasteiger partial charge in [0.05, 0.1) is 18.4 Å². The topological polar surface area (TPSA) is 101 Å². The van der Waals surface area contributed by atoms with Crippen molar-refractivity contribution in [3.8, 4) is 22.9 Å². The first kappa shape index (κ1) is 22.2. The summed E-state index contributed by atoms with van der Waals surface area (Å²) in [7, 11) is 1.56. The number of carbonyl (C=O) groups excluding carboxylic acids is 1. The average molecular weight is 468 g/mol. The number of hydrogen-bond donors (Lipinski definition) is 3. The van der Waals surface area contributed by atoms with Crippen molar-refractivity contribution in [3.05, 3.63) is 95.2 Å². The maximum absolute atomic E-state index is 13.7. The molecule has 1 unspecified atom stereocenters. The molecule has 0 radical (unpaired) electrons. The Labute approximate surface area is 202 Å². The van der Waals surface area contributed by atoms with E-state index in [-0.39, 0.29) is 11.7 Å². The van der Waals surface area contributed by atoms with Gasteiger partial charge >= 0.3 is 0 Å². The molecule has 0 saturated heterocycles. The lowest BCUT2D eigenvalue weighted by molar-refractivity contribution is -0.113. The maximum Gasteiger partial charge on any atom is 0.255 e. The van der Waals surface area contributed by atoms with Crippen LogP contribution in [-0.2, 0) is 4.79 Å². The Balaban J connectivity index is 1.60. The number of nitrogens with zero attached hydrogens (tertiary/aromatic N) is 3. The lowest BCUT2D eigenvalue weighted by atomic mass is 9.95. The van der Waals surface area contributed by atoms with Crippen molar-refractivity contribution in [1.82, 2.24) is 14.8 Å². The summed E-state index contributed by atoms with van der Waals surface area (Å²) < 4.78 is 7.09. The van der Waals surface area contributed by atoms with Crippen LogP contribution < -0.4 is 15.4 Å². The predicted octanol–water partition coefficient (Wildman–Crippen LogP) is 4.90. The number of benzene rings is 3. The molecule has 0 spiro atoms. The molecule has 1 aliphatic rings. The van der Waals surface area contributed by atoms with E-state index in [9.17, 15) is 9.90 Å². The Hall–Kier alpha value is -4.59. The normalized spacial score (nSPS) is 14.8. The lowest BCUT2D eigenvalue weighted by Gasteiger charge is -2.29. The molecule has 0 fully saturated rings. The number of allylic oxidation sites excluding steroid dienone is 1. The smallest absolute Gasteiger partial charge is 0.255 e. The number of para-hydroxylation sites is 2. The zero-order chi connectivity index (χ0) is 24.5. The number of amides is 1. The number of methoxy groups -OCH3 is 1. The summed E-state index contributed by atoms with van der Waals surface area (Å²) in [4.78, 5) is 18.3. The molecule has 35 heavy (non-hydrogen) atoms. The van der Waals surface area contributed by atoms with E-state index >= 15 is 0 Å². The second kappa shape index (κ2) is 8.98. The minimum Gasteiger partial charge on any atom is -0.508 e. The van der Waals surface area contributed by atoms with Crippen LogP contribution in [0, 0.1) is 6.92 Å². The van der Waals surface area contributed by atoms with Crippen molar-refractivity contribution >= 4 is 17.5 Å². The summed E-state index contributed by atoms with van der Waals surface area (Å²) in [6.45, 7) is 3.85. The van der Waals surface area contributed by atoms with Crippen LogP contribution in [0.4, 0.5) is 11.6 Å². The standard InChI is InChI=1S/C27H25N5O3/c1-16-11-13-18(14-12-16)25-30-27-28-17(2)23(26(34)29-21-9-4-5-10-22(21)35-3)24(32(27)31-25)19-7-6-8-20(33)15-19/h4-15,24,33H,1-3H3,(H,29,34)(H,28,30,31). The number of aromatic hydroxyl groups is 1. The maximum atomic E-state index is 13.7. The van der Waals surface area contributed by atoms with Crippen LogP contribution in [0.2, 0.25) is 0 Å². The number of phenols is 1. The van der Waals surface area contributed by atoms with Gasteiger partial charge in [-0.1, -0.05) is 54.1 Å². The molecule has 0 saturated carbocycles. The number of nitrogens with one attached hydrogen (secondary N) is 2. The predicted molar refractivity (Wildman–Crippen MR) is 134 cm³/mol. The van der Waals surface area contributed by atoms with E-state index in [4.69, 9.17) is 14.8 Å². The Bertz CT molecular complexity index is 1440. The largest absolute Gasteiger partial charge is 0.508 e. The molecular formula is C27H25N5O3. The molecule has 3 N–H and O–H groups in total. The van der Waals surface area contributed by atoms with Crippen molar-refractivity contribution < 1.29 is 14.6 Å². The first-order chi connectivity index (χ1) is 16.9. The third-order valence-electron chi connectivity index (χ3n) is 5.95. The molecular weight excluding hydrogens is 442 g/mol. The van der Waals surface area contributed by atoms with Gasteiger partial charge in [-0.15, -0.1) is 5.10 Å². The summed E-state index contributed by atoms with van der Waals surface area (Å²) >= 11 is 0. The zero-order valence-corrected chi connectivity index (χ0v) is 19.6. The number of phenolic OH excluding ortho intramolecular Hbond substituents is 1. The molecule has 1 aliphatic heterocycles. The van der Waals surface area contributed by atoms with Gasteiger partial charge in [0.2, 0.25) is 5.95 Å². The first-order valence-electron chi connectivity index (χ1n) is 11.2. The molecule has 176 valence electrons. The van der Waals surface area contributed by atoms with E-state index in [1.165, 1.54) is 0 Å². The summed E-state index contributed by atoms with van der Waals surface area (Å²) in [6, 6.07) is 21.4. The fourth-order valence-electron chi connectivity index (χ4n) is 4.21. The third kappa shape index (κ3) is 4.21. The first-order valence-corrected chi connectivity index (χ1v) is 11.2. The summed E-state index contributed by atoms with van der Waals surface area (Å²) in [5.74, 6) is 1.39. The quantitative estimate of drug-likeness (QED) is 0.386. The fraction of sp³-hybridized carbons (Fsp3) is 0.148. The molecule has 8 heteroatoms. The SMILES string of the molecule is COc1ccccc1NC(=O)C1=C(C)Nc2nc(-c3ccc(C)cc3)nn2C1c1cccc(O)c1. The molecule has 5 rings (SSSR count). The van der Waals surface area contributed by atoms with Crippen LogP contribution in [0.25, 0.3) is 11.4 Å². The summed E-state index contributed by atoms with van der Waals surface area (Å²) in [5.41, 5.74) is 4.36. The third-order valence-corrected chi connectivity index (χ3v) is 5.95. The molecule has 1 amide bonds. The molecule has 3 aromatic carbocycles. The molecule has 1 aromatic heterocycles. The number of ether oxygens (including phenoxy) is 1. The van der Waals surface area contributed by atoms with Gasteiger partial charge in [0.25, 0.3) is 5.91 Å². The Morgan fingerprint density at radius 3 is 2.57 bits per heavy atom. The molecule has 4 aromatic rings. The average Bonchev–Trinajstić information content (AvgIpc) is 3.27. The number of aromatic nitrogens is 3. The van der Waals surface area contributed by atoms with E-state index < -0.39 is 6.04 Å². The summed E-state index contributed by atoms with van der Waals surface area (Å²) in [6.07, 6.45) is 0. The highest BCUT2D eigenvalue weighted by molar-refractivity contribution is 6.06. The van der Waals surface area contributed by atoms with E-state index in [0.29, 0.717) is 40.0 Å². The van der Waals surface area contributed by atoms with Crippen molar-refractivity contribution in [2.75, 3.05) is 17.7 Å². The molecule has 0 bridgehead atoms. The Morgan fingerprint density at radius 2 is 1.83 bits per heavy atom. The second-order valence-corrected chi connectivity index (χ2v) is 8.39. The van der Waals surface area contributed by atoms with Crippen LogP contribution in [0.1, 0.15) is 24.1 Å². The van der Waals surface area contributed by atoms with Gasteiger partial charge in [-0.05, 0) is 43.7 Å². The van der Waals surface area contributed by atoms with Crippen LogP contribution in [0.15, 0.2) is 84.1 Å². The number of hydrogen-bond acceptors (Lipinski definition) is 6. The Kier molecular flexibility index (Phi) is 5.70. The van der Waals surface area contributed by atoms with E-state index in [2.05, 4.69) is 10.6 Å².